The lowest BCUT2D eigenvalue weighted by molar-refractivity contribution is 0.122. The van der Waals surface area contributed by atoms with Gasteiger partial charge in [0.2, 0.25) is 0 Å². The fraction of sp³-hybridized carbons (Fsp3) is 0.407. The van der Waals surface area contributed by atoms with Gasteiger partial charge in [-0.3, -0.25) is 0 Å². The highest BCUT2D eigenvalue weighted by Gasteiger charge is 2.18. The summed E-state index contributed by atoms with van der Waals surface area (Å²) in [5, 5.41) is 3.49. The van der Waals surface area contributed by atoms with Crippen LogP contribution in [0.15, 0.2) is 48.9 Å². The number of benzene rings is 1. The van der Waals surface area contributed by atoms with Gasteiger partial charge in [-0.25, -0.2) is 19.9 Å². The fourth-order valence-corrected chi connectivity index (χ4v) is 4.72. The number of hydrogen-bond acceptors (Lipinski definition) is 9. The third-order valence-electron chi connectivity index (χ3n) is 6.83. The molecule has 0 radical (unpaired) electrons. The number of nitrogens with zero attached hydrogens (tertiary/aromatic N) is 7. The lowest BCUT2D eigenvalue weighted by Crippen LogP contribution is -2.36. The number of imidazole rings is 1. The lowest BCUT2D eigenvalue weighted by Gasteiger charge is -2.28. The molecule has 0 saturated carbocycles. The van der Waals surface area contributed by atoms with Crippen molar-refractivity contribution in [1.82, 2.24) is 24.5 Å². The number of morpholine rings is 2. The predicted octanol–water partition coefficient (Wildman–Crippen LogP) is 3.89. The van der Waals surface area contributed by atoms with Crippen molar-refractivity contribution in [2.75, 3.05) is 67.7 Å². The molecule has 5 heterocycles. The third-order valence-corrected chi connectivity index (χ3v) is 6.83. The van der Waals surface area contributed by atoms with Crippen molar-refractivity contribution < 1.29 is 9.47 Å². The van der Waals surface area contributed by atoms with Crippen LogP contribution in [0.5, 0.6) is 0 Å². The molecule has 0 atom stereocenters. The lowest BCUT2D eigenvalue weighted by atomic mass is 10.2. The molecule has 0 unspecified atom stereocenters. The Kier molecular flexibility index (Phi) is 6.58. The highest BCUT2D eigenvalue weighted by molar-refractivity contribution is 5.87. The van der Waals surface area contributed by atoms with Gasteiger partial charge in [0.1, 0.15) is 5.82 Å². The second-order valence-corrected chi connectivity index (χ2v) is 9.59. The van der Waals surface area contributed by atoms with E-state index in [4.69, 9.17) is 24.4 Å². The summed E-state index contributed by atoms with van der Waals surface area (Å²) in [5.41, 5.74) is 4.54. The molecule has 192 valence electrons. The summed E-state index contributed by atoms with van der Waals surface area (Å²) < 4.78 is 13.0. The van der Waals surface area contributed by atoms with Crippen LogP contribution in [0.4, 0.5) is 23.0 Å². The zero-order valence-corrected chi connectivity index (χ0v) is 21.3. The van der Waals surface area contributed by atoms with Gasteiger partial charge >= 0.3 is 0 Å². The van der Waals surface area contributed by atoms with Crippen LogP contribution in [0, 0.1) is 0 Å². The Balaban J connectivity index is 1.32. The Bertz CT molecular complexity index is 1340. The van der Waals surface area contributed by atoms with Crippen LogP contribution >= 0.6 is 0 Å². The molecule has 0 amide bonds. The summed E-state index contributed by atoms with van der Waals surface area (Å²) in [6.07, 6.45) is 3.68. The summed E-state index contributed by atoms with van der Waals surface area (Å²) >= 11 is 0. The zero-order chi connectivity index (χ0) is 25.2. The molecule has 2 saturated heterocycles. The number of rotatable bonds is 6. The van der Waals surface area contributed by atoms with Crippen LogP contribution in [-0.2, 0) is 9.47 Å². The molecule has 10 nitrogen and oxygen atoms in total. The predicted molar refractivity (Wildman–Crippen MR) is 145 cm³/mol. The van der Waals surface area contributed by atoms with Crippen molar-refractivity contribution in [3.63, 3.8) is 0 Å². The molecule has 0 spiro atoms. The molecule has 4 aromatic rings. The Labute approximate surface area is 216 Å². The third kappa shape index (κ3) is 4.94. The van der Waals surface area contributed by atoms with E-state index in [1.807, 2.05) is 24.7 Å². The van der Waals surface area contributed by atoms with Crippen LogP contribution in [0.2, 0.25) is 0 Å². The van der Waals surface area contributed by atoms with E-state index in [-0.39, 0.29) is 6.04 Å². The number of hydrogen-bond donors (Lipinski definition) is 1. The minimum Gasteiger partial charge on any atom is -0.378 e. The Morgan fingerprint density at radius 2 is 1.51 bits per heavy atom. The average molecular weight is 501 g/mol. The number of pyridine rings is 1. The van der Waals surface area contributed by atoms with Crippen molar-refractivity contribution >= 4 is 34.2 Å². The quantitative estimate of drug-likeness (QED) is 0.423. The van der Waals surface area contributed by atoms with Gasteiger partial charge in [-0.2, -0.15) is 0 Å². The van der Waals surface area contributed by atoms with Crippen LogP contribution in [-0.4, -0.2) is 77.1 Å². The van der Waals surface area contributed by atoms with E-state index in [1.165, 1.54) is 5.69 Å². The van der Waals surface area contributed by atoms with E-state index in [1.54, 1.807) is 0 Å². The summed E-state index contributed by atoms with van der Waals surface area (Å²) in [5.74, 6) is 2.23. The maximum atomic E-state index is 5.48. The van der Waals surface area contributed by atoms with Crippen molar-refractivity contribution in [1.29, 1.82) is 0 Å². The first-order chi connectivity index (χ1) is 18.2. The van der Waals surface area contributed by atoms with E-state index in [2.05, 4.69) is 62.8 Å². The number of anilines is 4. The second-order valence-electron chi connectivity index (χ2n) is 9.59. The van der Waals surface area contributed by atoms with E-state index in [0.717, 1.165) is 80.8 Å². The summed E-state index contributed by atoms with van der Waals surface area (Å²) in [7, 11) is 0. The molecule has 37 heavy (non-hydrogen) atoms. The van der Waals surface area contributed by atoms with Crippen LogP contribution < -0.4 is 15.1 Å². The summed E-state index contributed by atoms with van der Waals surface area (Å²) in [6.45, 7) is 10.8. The van der Waals surface area contributed by atoms with Crippen molar-refractivity contribution in [3.05, 3.63) is 48.9 Å². The second kappa shape index (κ2) is 10.3. The van der Waals surface area contributed by atoms with Crippen LogP contribution in [0.3, 0.4) is 0 Å². The monoisotopic (exact) mass is 500 g/mol. The van der Waals surface area contributed by atoms with Crippen LogP contribution in [0.25, 0.3) is 22.6 Å². The van der Waals surface area contributed by atoms with Gasteiger partial charge < -0.3 is 29.2 Å². The standard InChI is InChI=1S/C27H32N8O2/c1-19(2)35-18-29-24-26(30-21-4-6-22(7-5-21)33-9-13-36-14-10-33)31-25(32-27(24)35)20-3-8-23(28-17-20)34-11-15-37-16-12-34/h3-8,17-19H,9-16H2,1-2H3,(H,30,31,32). The highest BCUT2D eigenvalue weighted by Crippen LogP contribution is 2.29. The first-order valence-electron chi connectivity index (χ1n) is 12.9. The van der Waals surface area contributed by atoms with Crippen molar-refractivity contribution in [2.24, 2.45) is 0 Å². The number of fused-ring (bicyclic) bond motifs is 1. The molecule has 6 rings (SSSR count). The van der Waals surface area contributed by atoms with Gasteiger partial charge in [-0.05, 0) is 50.2 Å². The average Bonchev–Trinajstić information content (AvgIpc) is 3.39. The Morgan fingerprint density at radius 3 is 2.16 bits per heavy atom. The highest BCUT2D eigenvalue weighted by atomic mass is 16.5. The maximum Gasteiger partial charge on any atom is 0.166 e. The number of ether oxygens (including phenoxy) is 2. The van der Waals surface area contributed by atoms with E-state index in [0.29, 0.717) is 11.6 Å². The molecule has 0 aliphatic carbocycles. The molecule has 0 bridgehead atoms. The molecule has 1 aromatic carbocycles. The van der Waals surface area contributed by atoms with E-state index >= 15 is 0 Å². The van der Waals surface area contributed by atoms with Crippen LogP contribution in [0.1, 0.15) is 19.9 Å². The summed E-state index contributed by atoms with van der Waals surface area (Å²) in [4.78, 5) is 23.7. The van der Waals surface area contributed by atoms with Gasteiger partial charge in [0.25, 0.3) is 0 Å². The Morgan fingerprint density at radius 1 is 0.811 bits per heavy atom. The number of nitrogens with one attached hydrogen (secondary N) is 1. The topological polar surface area (TPSA) is 93.5 Å². The van der Waals surface area contributed by atoms with E-state index < -0.39 is 0 Å². The summed E-state index contributed by atoms with van der Waals surface area (Å²) in [6, 6.07) is 12.7. The first kappa shape index (κ1) is 23.6. The van der Waals surface area contributed by atoms with Gasteiger partial charge in [-0.1, -0.05) is 0 Å². The molecule has 2 aliphatic heterocycles. The smallest absolute Gasteiger partial charge is 0.166 e. The molecule has 2 aliphatic rings. The minimum atomic E-state index is 0.218. The fourth-order valence-electron chi connectivity index (χ4n) is 4.72. The molecule has 3 aromatic heterocycles. The molecule has 1 N–H and O–H groups in total. The molecule has 2 fully saturated rings. The van der Waals surface area contributed by atoms with Gasteiger partial charge in [-0.15, -0.1) is 0 Å². The molecule has 10 heteroatoms. The van der Waals surface area contributed by atoms with E-state index in [9.17, 15) is 0 Å². The molecular weight excluding hydrogens is 468 g/mol. The van der Waals surface area contributed by atoms with Gasteiger partial charge in [0.05, 0.1) is 32.8 Å². The van der Waals surface area contributed by atoms with Crippen molar-refractivity contribution in [3.8, 4) is 11.4 Å². The largest absolute Gasteiger partial charge is 0.378 e. The minimum absolute atomic E-state index is 0.218. The van der Waals surface area contributed by atoms with Gasteiger partial charge in [0.15, 0.2) is 22.8 Å². The SMILES string of the molecule is CC(C)n1cnc2c(Nc3ccc(N4CCOCC4)cc3)nc(-c3ccc(N4CCOCC4)nc3)nc21. The Hall–Kier alpha value is -3.76. The first-order valence-corrected chi connectivity index (χ1v) is 12.9. The number of aromatic nitrogens is 5. The van der Waals surface area contributed by atoms with Gasteiger partial charge in [0, 0.05) is 55.4 Å². The zero-order valence-electron chi connectivity index (χ0n) is 21.3. The normalized spacial score (nSPS) is 16.5. The van der Waals surface area contributed by atoms with Crippen molar-refractivity contribution in [2.45, 2.75) is 19.9 Å². The maximum absolute atomic E-state index is 5.48. The molecular formula is C27H32N8O2.